The molecular weight excluding hydrogens is 519 g/mol. The first-order valence-electron chi connectivity index (χ1n) is 11.2. The molecule has 7 nitrogen and oxygen atoms in total. The van der Waals surface area contributed by atoms with Crippen molar-refractivity contribution >= 4 is 33.0 Å². The van der Waals surface area contributed by atoms with E-state index in [9.17, 15) is 31.5 Å². The number of nitrogens with one attached hydrogen (secondary N) is 1. The Balaban J connectivity index is 1.43. The smallest absolute Gasteiger partial charge is 0.255 e. The highest BCUT2D eigenvalue weighted by molar-refractivity contribution is 7.92. The fourth-order valence-electron chi connectivity index (χ4n) is 5.61. The van der Waals surface area contributed by atoms with Crippen molar-refractivity contribution in [2.45, 2.75) is 41.6 Å². The first-order chi connectivity index (χ1) is 17.0. The SMILES string of the molecule is O=C(Nc1cc(F)c(F)c(F)c1)c1ccc(Cl)c(S(=O)(=O)[C@H]2C3CC[C@H]2C[C@]3(O)Cn2cccn2)c1. The maximum absolute atomic E-state index is 13.8. The number of aromatic nitrogens is 2. The molecular formula is C24H21ClF3N3O4S. The minimum absolute atomic E-state index is 0.0904. The van der Waals surface area contributed by atoms with E-state index in [0.717, 1.165) is 6.07 Å². The van der Waals surface area contributed by atoms with Crippen molar-refractivity contribution in [1.82, 2.24) is 9.78 Å². The van der Waals surface area contributed by atoms with E-state index in [1.165, 1.54) is 12.1 Å². The fraction of sp³-hybridized carbons (Fsp3) is 0.333. The lowest BCUT2D eigenvalue weighted by atomic mass is 9.84. The number of fused-ring (bicyclic) bond motifs is 2. The van der Waals surface area contributed by atoms with Crippen LogP contribution in [0.5, 0.6) is 0 Å². The normalized spacial score (nSPS) is 25.3. The molecule has 2 N–H and O–H groups in total. The Kier molecular flexibility index (Phi) is 6.12. The van der Waals surface area contributed by atoms with Gasteiger partial charge >= 0.3 is 0 Å². The van der Waals surface area contributed by atoms with Crippen LogP contribution in [0.4, 0.5) is 18.9 Å². The molecule has 2 aliphatic rings. The molecule has 2 saturated carbocycles. The van der Waals surface area contributed by atoms with Crippen molar-refractivity contribution in [1.29, 1.82) is 0 Å². The second-order valence-corrected chi connectivity index (χ2v) is 11.8. The van der Waals surface area contributed by atoms with Gasteiger partial charge in [-0.3, -0.25) is 9.48 Å². The van der Waals surface area contributed by atoms with Gasteiger partial charge in [0.05, 0.1) is 27.3 Å². The Morgan fingerprint density at radius 3 is 2.58 bits per heavy atom. The molecule has 12 heteroatoms. The van der Waals surface area contributed by atoms with E-state index in [4.69, 9.17) is 11.6 Å². The summed E-state index contributed by atoms with van der Waals surface area (Å²) in [6, 6.07) is 6.57. The van der Waals surface area contributed by atoms with Crippen LogP contribution in [0.25, 0.3) is 0 Å². The summed E-state index contributed by atoms with van der Waals surface area (Å²) in [5.74, 6) is -6.34. The van der Waals surface area contributed by atoms with Crippen molar-refractivity contribution < 1.29 is 31.5 Å². The summed E-state index contributed by atoms with van der Waals surface area (Å²) in [6.45, 7) is 0.161. The molecule has 2 aromatic carbocycles. The first-order valence-corrected chi connectivity index (χ1v) is 13.1. The molecule has 0 spiro atoms. The van der Waals surface area contributed by atoms with E-state index in [1.807, 2.05) is 0 Å². The third-order valence-electron chi connectivity index (χ3n) is 7.11. The van der Waals surface area contributed by atoms with E-state index in [1.54, 1.807) is 23.1 Å². The molecule has 4 atom stereocenters. The van der Waals surface area contributed by atoms with Crippen LogP contribution in [-0.2, 0) is 16.4 Å². The van der Waals surface area contributed by atoms with Crippen molar-refractivity contribution in [2.75, 3.05) is 5.32 Å². The van der Waals surface area contributed by atoms with Gasteiger partial charge in [0.2, 0.25) is 0 Å². The quantitative estimate of drug-likeness (QED) is 0.457. The predicted molar refractivity (Wildman–Crippen MR) is 125 cm³/mol. The standard InChI is InChI=1S/C24H21ClF3N3O4S/c25-17-5-3-13(23(32)30-15-9-18(26)21(28)19(27)10-15)8-20(17)36(34,35)22-14-2-4-16(22)24(33,11-14)12-31-7-1-6-29-31/h1,3,5-10,14,16,22,33H,2,4,11-12H2,(H,30,32)/t14-,16?,22+,24-/m0/s1. The van der Waals surface area contributed by atoms with Crippen molar-refractivity contribution in [3.8, 4) is 0 Å². The topological polar surface area (TPSA) is 101 Å². The van der Waals surface area contributed by atoms with E-state index >= 15 is 0 Å². The molecule has 5 rings (SSSR count). The molecule has 0 saturated heterocycles. The van der Waals surface area contributed by atoms with Gasteiger partial charge in [0.25, 0.3) is 5.91 Å². The van der Waals surface area contributed by atoms with Gasteiger partial charge in [-0.1, -0.05) is 11.6 Å². The van der Waals surface area contributed by atoms with Crippen LogP contribution < -0.4 is 5.32 Å². The third kappa shape index (κ3) is 4.18. The molecule has 2 aliphatic carbocycles. The Morgan fingerprint density at radius 2 is 1.92 bits per heavy atom. The number of aliphatic hydroxyl groups is 1. The average molecular weight is 540 g/mol. The maximum Gasteiger partial charge on any atom is 0.255 e. The number of amides is 1. The van der Waals surface area contributed by atoms with Gasteiger partial charge in [0, 0.05) is 41.7 Å². The summed E-state index contributed by atoms with van der Waals surface area (Å²) in [4.78, 5) is 12.5. The van der Waals surface area contributed by atoms with E-state index in [2.05, 4.69) is 10.4 Å². The highest BCUT2D eigenvalue weighted by Crippen LogP contribution is 2.55. The molecule has 190 valence electrons. The summed E-state index contributed by atoms with van der Waals surface area (Å²) in [5, 5.41) is 16.7. The summed E-state index contributed by atoms with van der Waals surface area (Å²) in [7, 11) is -4.07. The van der Waals surface area contributed by atoms with Gasteiger partial charge in [-0.25, -0.2) is 21.6 Å². The zero-order chi connectivity index (χ0) is 25.8. The number of sulfone groups is 1. The monoisotopic (exact) mass is 539 g/mol. The molecule has 2 bridgehead atoms. The summed E-state index contributed by atoms with van der Waals surface area (Å²) in [5.41, 5.74) is -1.72. The number of nitrogens with zero attached hydrogens (tertiary/aromatic N) is 2. The van der Waals surface area contributed by atoms with Crippen LogP contribution >= 0.6 is 11.6 Å². The number of hydrogen-bond acceptors (Lipinski definition) is 5. The summed E-state index contributed by atoms with van der Waals surface area (Å²) in [6.07, 6.45) is 4.73. The molecule has 2 fully saturated rings. The highest BCUT2D eigenvalue weighted by atomic mass is 35.5. The average Bonchev–Trinajstić information content (AvgIpc) is 3.53. The van der Waals surface area contributed by atoms with Gasteiger partial charge in [-0.05, 0) is 49.4 Å². The molecule has 36 heavy (non-hydrogen) atoms. The first kappa shape index (κ1) is 24.8. The van der Waals surface area contributed by atoms with E-state index in [0.29, 0.717) is 31.4 Å². The zero-order valence-corrected chi connectivity index (χ0v) is 20.2. The number of anilines is 1. The Bertz CT molecular complexity index is 1430. The number of hydrogen-bond donors (Lipinski definition) is 2. The molecule has 3 aromatic rings. The van der Waals surface area contributed by atoms with Gasteiger partial charge in [-0.2, -0.15) is 5.10 Å². The van der Waals surface area contributed by atoms with E-state index < -0.39 is 50.0 Å². The minimum Gasteiger partial charge on any atom is -0.388 e. The third-order valence-corrected chi connectivity index (χ3v) is 9.93. The van der Waals surface area contributed by atoms with Gasteiger partial charge in [-0.15, -0.1) is 0 Å². The number of carbonyl (C=O) groups is 1. The summed E-state index contributed by atoms with van der Waals surface area (Å²) < 4.78 is 69.4. The Morgan fingerprint density at radius 1 is 1.19 bits per heavy atom. The van der Waals surface area contributed by atoms with Crippen LogP contribution in [0, 0.1) is 29.3 Å². The van der Waals surface area contributed by atoms with E-state index in [-0.39, 0.29) is 33.6 Å². The second-order valence-electron chi connectivity index (χ2n) is 9.32. The molecule has 1 amide bonds. The largest absolute Gasteiger partial charge is 0.388 e. The van der Waals surface area contributed by atoms with Crippen LogP contribution in [0.15, 0.2) is 53.7 Å². The molecule has 1 aromatic heterocycles. The van der Waals surface area contributed by atoms with Crippen molar-refractivity contribution in [3.63, 3.8) is 0 Å². The fourth-order valence-corrected chi connectivity index (χ4v) is 8.54. The van der Waals surface area contributed by atoms with Crippen LogP contribution in [0.1, 0.15) is 29.6 Å². The number of halogens is 4. The van der Waals surface area contributed by atoms with Gasteiger partial charge in [0.1, 0.15) is 0 Å². The van der Waals surface area contributed by atoms with Crippen LogP contribution in [0.3, 0.4) is 0 Å². The molecule has 0 radical (unpaired) electrons. The number of carbonyl (C=O) groups excluding carboxylic acids is 1. The van der Waals surface area contributed by atoms with Gasteiger partial charge < -0.3 is 10.4 Å². The molecule has 1 unspecified atom stereocenters. The highest BCUT2D eigenvalue weighted by Gasteiger charge is 2.61. The maximum atomic E-state index is 13.8. The second kappa shape index (κ2) is 8.89. The summed E-state index contributed by atoms with van der Waals surface area (Å²) >= 11 is 6.26. The zero-order valence-electron chi connectivity index (χ0n) is 18.7. The predicted octanol–water partition coefficient (Wildman–Crippen LogP) is 4.21. The molecule has 0 aliphatic heterocycles. The van der Waals surface area contributed by atoms with Crippen LogP contribution in [-0.4, -0.2) is 40.1 Å². The lowest BCUT2D eigenvalue weighted by molar-refractivity contribution is -0.0303. The molecule has 1 heterocycles. The van der Waals surface area contributed by atoms with Crippen molar-refractivity contribution in [2.24, 2.45) is 11.8 Å². The lowest BCUT2D eigenvalue weighted by Gasteiger charge is -2.32. The Labute approximate surface area is 209 Å². The van der Waals surface area contributed by atoms with Gasteiger partial charge in [0.15, 0.2) is 27.3 Å². The Hall–Kier alpha value is -2.89. The number of rotatable bonds is 6. The lowest BCUT2D eigenvalue weighted by Crippen LogP contribution is -2.42. The number of benzene rings is 2. The van der Waals surface area contributed by atoms with Crippen LogP contribution in [0.2, 0.25) is 5.02 Å². The minimum atomic E-state index is -4.07. The van der Waals surface area contributed by atoms with Crippen molar-refractivity contribution in [3.05, 3.63) is 76.8 Å².